The molecule has 0 aromatic rings. The summed E-state index contributed by atoms with van der Waals surface area (Å²) >= 11 is 0. The normalized spacial score (nSPS) is 14.8. The summed E-state index contributed by atoms with van der Waals surface area (Å²) in [6.07, 6.45) is 7.71. The summed E-state index contributed by atoms with van der Waals surface area (Å²) in [6.45, 7) is -0.168. The summed E-state index contributed by atoms with van der Waals surface area (Å²) in [4.78, 5) is 0. The number of hydrogen-bond acceptors (Lipinski definition) is 2. The predicted octanol–water partition coefficient (Wildman–Crippen LogP) is 1.26. The van der Waals surface area contributed by atoms with E-state index in [1.807, 2.05) is 12.2 Å². The van der Waals surface area contributed by atoms with E-state index in [0.717, 1.165) is 12.0 Å². The fourth-order valence-corrected chi connectivity index (χ4v) is 0.909. The molecule has 1 rings (SSSR count). The molecule has 0 aromatic carbocycles. The van der Waals surface area contributed by atoms with Crippen molar-refractivity contribution in [3.05, 3.63) is 23.8 Å². The molecule has 0 saturated heterocycles. The summed E-state index contributed by atoms with van der Waals surface area (Å²) < 4.78 is 0. The van der Waals surface area contributed by atoms with Crippen LogP contribution in [0.2, 0.25) is 0 Å². The molecule has 0 radical (unpaired) electrons. The first kappa shape index (κ1) is 19.4. The Morgan fingerprint density at radius 1 is 1.46 bits per heavy atom. The van der Waals surface area contributed by atoms with Gasteiger partial charge in [-0.1, -0.05) is 0 Å². The molecule has 13 heavy (non-hydrogen) atoms. The van der Waals surface area contributed by atoms with Crippen molar-refractivity contribution in [2.24, 2.45) is 0 Å². The van der Waals surface area contributed by atoms with E-state index in [-0.39, 0.29) is 57.6 Å². The average molecular weight is 303 g/mol. The fourth-order valence-electron chi connectivity index (χ4n) is 0.909. The fraction of sp³-hybridized carbons (Fsp3) is 0.500. The largest absolute Gasteiger partial charge is 0.394 e. The van der Waals surface area contributed by atoms with E-state index in [4.69, 9.17) is 10.2 Å². The van der Waals surface area contributed by atoms with Crippen LogP contribution in [0, 0.1) is 6.08 Å². The van der Waals surface area contributed by atoms with Gasteiger partial charge in [-0.25, -0.2) is 11.6 Å². The van der Waals surface area contributed by atoms with Crippen molar-refractivity contribution in [1.82, 2.24) is 0 Å². The van der Waals surface area contributed by atoms with Crippen LogP contribution < -0.4 is 0 Å². The third kappa shape index (κ3) is 7.90. The third-order valence-corrected chi connectivity index (χ3v) is 1.43. The first-order chi connectivity index (χ1) is 4.83. The number of allylic oxidation sites excluding steroid dienone is 3. The molecular weight excluding hydrogens is 290 g/mol. The predicted molar refractivity (Wildman–Crippen MR) is 52.7 cm³/mol. The van der Waals surface area contributed by atoms with Gasteiger partial charge in [0.2, 0.25) is 0 Å². The Morgan fingerprint density at radius 2 is 2.08 bits per heavy atom. The van der Waals surface area contributed by atoms with Crippen molar-refractivity contribution in [3.63, 3.8) is 0 Å². The molecule has 0 heterocycles. The van der Waals surface area contributed by atoms with Gasteiger partial charge in [0, 0.05) is 26.2 Å². The second-order valence-corrected chi connectivity index (χ2v) is 2.35. The Hall–Kier alpha value is 0.863. The number of hydrogen-bond donors (Lipinski definition) is 2. The molecule has 0 fully saturated rings. The summed E-state index contributed by atoms with van der Waals surface area (Å²) in [5.74, 6) is 0. The minimum absolute atomic E-state index is 0. The summed E-state index contributed by atoms with van der Waals surface area (Å²) in [5, 5.41) is 17.5. The van der Waals surface area contributed by atoms with Crippen LogP contribution in [-0.2, 0) is 26.2 Å². The van der Waals surface area contributed by atoms with E-state index in [2.05, 4.69) is 6.08 Å². The minimum Gasteiger partial charge on any atom is -0.394 e. The Balaban J connectivity index is -0.000000333. The third-order valence-electron chi connectivity index (χ3n) is 1.43. The van der Waals surface area contributed by atoms with E-state index in [1.165, 1.54) is 0 Å². The molecule has 1 atom stereocenters. The van der Waals surface area contributed by atoms with Gasteiger partial charge < -0.3 is 10.2 Å². The molecule has 76 valence electrons. The van der Waals surface area contributed by atoms with Gasteiger partial charge in [0.25, 0.3) is 0 Å². The van der Waals surface area contributed by atoms with Crippen molar-refractivity contribution >= 4 is 24.8 Å². The van der Waals surface area contributed by atoms with Gasteiger partial charge in [-0.05, 0) is 6.42 Å². The molecule has 2 N–H and O–H groups in total. The Bertz CT molecular complexity index is 172. The minimum atomic E-state index is -0.620. The van der Waals surface area contributed by atoms with Crippen LogP contribution in [0.25, 0.3) is 0 Å². The number of aliphatic hydroxyl groups is 2. The molecule has 5 heteroatoms. The van der Waals surface area contributed by atoms with E-state index in [9.17, 15) is 0 Å². The zero-order valence-corrected chi connectivity index (χ0v) is 11.2. The molecule has 0 spiro atoms. The van der Waals surface area contributed by atoms with Crippen molar-refractivity contribution < 1.29 is 36.4 Å². The molecule has 2 nitrogen and oxygen atoms in total. The van der Waals surface area contributed by atoms with E-state index in [1.54, 1.807) is 0 Å². The van der Waals surface area contributed by atoms with Gasteiger partial charge in [-0.3, -0.25) is 6.08 Å². The molecule has 0 amide bonds. The maximum Gasteiger partial charge on any atom is 0.0782 e. The molecule has 0 bridgehead atoms. The first-order valence-corrected chi connectivity index (χ1v) is 3.38. The molecule has 0 aliphatic heterocycles. The first-order valence-electron chi connectivity index (χ1n) is 3.38. The summed E-state index contributed by atoms with van der Waals surface area (Å²) in [6, 6.07) is 0. The summed E-state index contributed by atoms with van der Waals surface area (Å²) in [7, 11) is 0. The molecule has 1 unspecified atom stereocenters. The summed E-state index contributed by atoms with van der Waals surface area (Å²) in [5.41, 5.74) is 1.00. The van der Waals surface area contributed by atoms with E-state index >= 15 is 0 Å². The van der Waals surface area contributed by atoms with Crippen LogP contribution >= 0.6 is 24.8 Å². The number of rotatable bonds is 3. The zero-order chi connectivity index (χ0) is 7.40. The van der Waals surface area contributed by atoms with Crippen molar-refractivity contribution in [2.75, 3.05) is 6.61 Å². The second-order valence-electron chi connectivity index (χ2n) is 2.35. The molecule has 0 aromatic heterocycles. The maximum absolute atomic E-state index is 8.97. The van der Waals surface area contributed by atoms with Gasteiger partial charge in [0.1, 0.15) is 0 Å². The molecule has 0 saturated carbocycles. The maximum atomic E-state index is 8.97. The van der Waals surface area contributed by atoms with Gasteiger partial charge in [-0.2, -0.15) is 6.08 Å². The van der Waals surface area contributed by atoms with Crippen LogP contribution in [0.1, 0.15) is 12.8 Å². The monoisotopic (exact) mass is 301 g/mol. The van der Waals surface area contributed by atoms with Gasteiger partial charge >= 0.3 is 0 Å². The van der Waals surface area contributed by atoms with Crippen LogP contribution in [0.15, 0.2) is 17.7 Å². The topological polar surface area (TPSA) is 40.5 Å². The quantitative estimate of drug-likeness (QED) is 0.771. The molecule has 1 aliphatic rings. The van der Waals surface area contributed by atoms with Gasteiger partial charge in [0.15, 0.2) is 0 Å². The van der Waals surface area contributed by atoms with Crippen LogP contribution in [0.4, 0.5) is 0 Å². The van der Waals surface area contributed by atoms with Gasteiger partial charge in [0.05, 0.1) is 12.7 Å². The SMILES string of the molecule is Cl.Cl.OCC(O)CC1=[C-]CC=C1.[Zr]. The van der Waals surface area contributed by atoms with Crippen LogP contribution in [0.3, 0.4) is 0 Å². The van der Waals surface area contributed by atoms with Crippen molar-refractivity contribution in [3.8, 4) is 0 Å². The number of aliphatic hydroxyl groups excluding tert-OH is 2. The zero-order valence-electron chi connectivity index (χ0n) is 7.06. The van der Waals surface area contributed by atoms with Crippen LogP contribution in [-0.4, -0.2) is 22.9 Å². The van der Waals surface area contributed by atoms with Crippen molar-refractivity contribution in [1.29, 1.82) is 0 Å². The smallest absolute Gasteiger partial charge is 0.0782 e. The Labute approximate surface area is 110 Å². The molecular formula is C8H13Cl2O2Zr-. The second kappa shape index (κ2) is 10.9. The van der Waals surface area contributed by atoms with E-state index in [0.29, 0.717) is 6.42 Å². The van der Waals surface area contributed by atoms with E-state index < -0.39 is 6.10 Å². The standard InChI is InChI=1S/C8H11O2.2ClH.Zr/c9-6-8(10)5-7-3-1-2-4-7;;;/h1,3,8-10H,2,5-6H2;2*1H;/q-1;;;. The van der Waals surface area contributed by atoms with Crippen molar-refractivity contribution in [2.45, 2.75) is 18.9 Å². The number of halogens is 2. The average Bonchev–Trinajstić information content (AvgIpc) is 2.40. The Morgan fingerprint density at radius 3 is 2.46 bits per heavy atom. The van der Waals surface area contributed by atoms with Crippen LogP contribution in [0.5, 0.6) is 0 Å². The Kier molecular flexibility index (Phi) is 16.4. The molecule has 1 aliphatic carbocycles. The van der Waals surface area contributed by atoms with Gasteiger partial charge in [-0.15, -0.1) is 31.2 Å².